The summed E-state index contributed by atoms with van der Waals surface area (Å²) in [6.07, 6.45) is 4.38. The van der Waals surface area contributed by atoms with Crippen molar-refractivity contribution in [3.63, 3.8) is 0 Å². The van der Waals surface area contributed by atoms with Crippen molar-refractivity contribution in [1.82, 2.24) is 14.3 Å². The number of sulfonamides is 1. The predicted molar refractivity (Wildman–Crippen MR) is 112 cm³/mol. The van der Waals surface area contributed by atoms with Crippen LogP contribution >= 0.6 is 23.4 Å². The Kier molecular flexibility index (Phi) is 6.86. The van der Waals surface area contributed by atoms with Gasteiger partial charge in [-0.25, -0.2) is 13.4 Å². The molecule has 150 valence electrons. The topological polar surface area (TPSA) is 92.3 Å². The van der Waals surface area contributed by atoms with E-state index in [0.29, 0.717) is 20.6 Å². The standard InChI is InChI=1S/C19H17ClN4O3S2/c1-24(29(26,27)14-6-5-10-21-12-14)13-17(25)23-16-8-4-7-15(20)19(16)28-18-9-2-3-11-22-18/h2-12H,13H2,1H3,(H,23,25). The molecule has 0 spiro atoms. The van der Waals surface area contributed by atoms with Gasteiger partial charge in [0.1, 0.15) is 9.92 Å². The molecule has 10 heteroatoms. The van der Waals surface area contributed by atoms with Crippen molar-refractivity contribution < 1.29 is 13.2 Å². The SMILES string of the molecule is CN(CC(=O)Nc1cccc(Cl)c1Sc1ccccn1)S(=O)(=O)c1cccnc1. The Labute approximate surface area is 178 Å². The lowest BCUT2D eigenvalue weighted by atomic mass is 10.3. The Hall–Kier alpha value is -2.46. The molecule has 0 saturated heterocycles. The van der Waals surface area contributed by atoms with Gasteiger partial charge >= 0.3 is 0 Å². The van der Waals surface area contributed by atoms with Crippen LogP contribution in [0.15, 0.2) is 81.9 Å². The Balaban J connectivity index is 1.75. The number of likely N-dealkylation sites (N-methyl/N-ethyl adjacent to an activating group) is 1. The summed E-state index contributed by atoms with van der Waals surface area (Å²) in [6.45, 7) is -0.364. The van der Waals surface area contributed by atoms with Crippen LogP contribution in [0.25, 0.3) is 0 Å². The second-order valence-electron chi connectivity index (χ2n) is 5.88. The van der Waals surface area contributed by atoms with Crippen molar-refractivity contribution in [1.29, 1.82) is 0 Å². The van der Waals surface area contributed by atoms with Crippen molar-refractivity contribution in [2.75, 3.05) is 18.9 Å². The van der Waals surface area contributed by atoms with E-state index >= 15 is 0 Å². The van der Waals surface area contributed by atoms with Crippen LogP contribution in [0.3, 0.4) is 0 Å². The van der Waals surface area contributed by atoms with Crippen LogP contribution in [-0.4, -0.2) is 42.2 Å². The molecular weight excluding hydrogens is 432 g/mol. The molecule has 1 amide bonds. The highest BCUT2D eigenvalue weighted by atomic mass is 35.5. The summed E-state index contributed by atoms with van der Waals surface area (Å²) >= 11 is 7.61. The summed E-state index contributed by atoms with van der Waals surface area (Å²) in [6, 6.07) is 13.5. The lowest BCUT2D eigenvalue weighted by Crippen LogP contribution is -2.35. The summed E-state index contributed by atoms with van der Waals surface area (Å²) in [4.78, 5) is 21.2. The van der Waals surface area contributed by atoms with Gasteiger partial charge in [0.2, 0.25) is 15.9 Å². The van der Waals surface area contributed by atoms with Crippen molar-refractivity contribution in [3.05, 3.63) is 72.1 Å². The first-order valence-corrected chi connectivity index (χ1v) is 11.0. The van der Waals surface area contributed by atoms with Crippen LogP contribution in [0.2, 0.25) is 5.02 Å². The number of rotatable bonds is 7. The molecule has 0 aliphatic heterocycles. The van der Waals surface area contributed by atoms with Crippen molar-refractivity contribution in [3.8, 4) is 0 Å². The number of halogens is 1. The first-order chi connectivity index (χ1) is 13.9. The average Bonchev–Trinajstić information content (AvgIpc) is 2.72. The fourth-order valence-corrected chi connectivity index (χ4v) is 4.63. The van der Waals surface area contributed by atoms with E-state index in [-0.39, 0.29) is 11.4 Å². The second kappa shape index (κ2) is 9.36. The van der Waals surface area contributed by atoms with E-state index in [1.54, 1.807) is 30.5 Å². The summed E-state index contributed by atoms with van der Waals surface area (Å²) in [5, 5.41) is 3.90. The summed E-state index contributed by atoms with van der Waals surface area (Å²) in [5.41, 5.74) is 0.477. The number of pyridine rings is 2. The minimum atomic E-state index is -3.82. The zero-order valence-corrected chi connectivity index (χ0v) is 17.7. The Bertz CT molecular complexity index is 1100. The van der Waals surface area contributed by atoms with Gasteiger partial charge in [0.05, 0.1) is 22.2 Å². The number of benzene rings is 1. The number of hydrogen-bond donors (Lipinski definition) is 1. The lowest BCUT2D eigenvalue weighted by Gasteiger charge is -2.17. The van der Waals surface area contributed by atoms with Gasteiger partial charge in [-0.3, -0.25) is 9.78 Å². The van der Waals surface area contributed by atoms with Gasteiger partial charge in [-0.15, -0.1) is 0 Å². The number of carbonyl (C=O) groups is 1. The molecule has 0 saturated carbocycles. The lowest BCUT2D eigenvalue weighted by molar-refractivity contribution is -0.116. The number of nitrogens with one attached hydrogen (secondary N) is 1. The first kappa shape index (κ1) is 21.3. The molecule has 0 radical (unpaired) electrons. The maximum Gasteiger partial charge on any atom is 0.244 e. The van der Waals surface area contributed by atoms with Crippen LogP contribution in [-0.2, 0) is 14.8 Å². The largest absolute Gasteiger partial charge is 0.324 e. The molecule has 0 fully saturated rings. The fourth-order valence-electron chi connectivity index (χ4n) is 2.38. The van der Waals surface area contributed by atoms with Gasteiger partial charge < -0.3 is 5.32 Å². The minimum absolute atomic E-state index is 0.0180. The van der Waals surface area contributed by atoms with Gasteiger partial charge in [0, 0.05) is 25.6 Å². The molecule has 0 bridgehead atoms. The van der Waals surface area contributed by atoms with E-state index in [9.17, 15) is 13.2 Å². The van der Waals surface area contributed by atoms with Crippen molar-refractivity contribution in [2.45, 2.75) is 14.8 Å². The van der Waals surface area contributed by atoms with Crippen LogP contribution in [0.4, 0.5) is 5.69 Å². The third-order valence-corrected chi connectivity index (χ3v) is 7.10. The third kappa shape index (κ3) is 5.33. The zero-order valence-electron chi connectivity index (χ0n) is 15.3. The highest BCUT2D eigenvalue weighted by Crippen LogP contribution is 2.37. The number of hydrogen-bond acceptors (Lipinski definition) is 6. The molecule has 29 heavy (non-hydrogen) atoms. The summed E-state index contributed by atoms with van der Waals surface area (Å²) in [5.74, 6) is -0.495. The van der Waals surface area contributed by atoms with E-state index in [4.69, 9.17) is 11.6 Å². The molecular formula is C19H17ClN4O3S2. The van der Waals surface area contributed by atoms with Gasteiger partial charge in [0.25, 0.3) is 0 Å². The van der Waals surface area contributed by atoms with Gasteiger partial charge in [-0.2, -0.15) is 4.31 Å². The molecule has 3 aromatic rings. The van der Waals surface area contributed by atoms with E-state index in [1.165, 1.54) is 43.3 Å². The number of amides is 1. The highest BCUT2D eigenvalue weighted by molar-refractivity contribution is 7.99. The van der Waals surface area contributed by atoms with E-state index in [2.05, 4.69) is 15.3 Å². The van der Waals surface area contributed by atoms with E-state index in [0.717, 1.165) is 4.31 Å². The van der Waals surface area contributed by atoms with Crippen LogP contribution in [0, 0.1) is 0 Å². The maximum atomic E-state index is 12.6. The highest BCUT2D eigenvalue weighted by Gasteiger charge is 2.23. The van der Waals surface area contributed by atoms with Crippen LogP contribution in [0.5, 0.6) is 0 Å². The molecule has 7 nitrogen and oxygen atoms in total. The molecule has 2 aromatic heterocycles. The second-order valence-corrected chi connectivity index (χ2v) is 9.37. The third-order valence-electron chi connectivity index (χ3n) is 3.79. The molecule has 0 aliphatic carbocycles. The monoisotopic (exact) mass is 448 g/mol. The molecule has 0 unspecified atom stereocenters. The summed E-state index contributed by atoms with van der Waals surface area (Å²) in [7, 11) is -2.49. The van der Waals surface area contributed by atoms with Crippen LogP contribution in [0.1, 0.15) is 0 Å². The normalized spacial score (nSPS) is 11.4. The molecule has 0 atom stereocenters. The number of aromatic nitrogens is 2. The zero-order chi connectivity index (χ0) is 20.9. The Morgan fingerprint density at radius 1 is 1.14 bits per heavy atom. The van der Waals surface area contributed by atoms with Crippen LogP contribution < -0.4 is 5.32 Å². The average molecular weight is 449 g/mol. The molecule has 1 aromatic carbocycles. The first-order valence-electron chi connectivity index (χ1n) is 8.41. The predicted octanol–water partition coefficient (Wildman–Crippen LogP) is 3.54. The van der Waals surface area contributed by atoms with Gasteiger partial charge in [-0.1, -0.05) is 35.5 Å². The minimum Gasteiger partial charge on any atom is -0.324 e. The molecule has 2 heterocycles. The van der Waals surface area contributed by atoms with E-state index < -0.39 is 15.9 Å². The Morgan fingerprint density at radius 3 is 2.66 bits per heavy atom. The number of nitrogens with zero attached hydrogens (tertiary/aromatic N) is 3. The maximum absolute atomic E-state index is 12.6. The number of anilines is 1. The molecule has 0 aliphatic rings. The van der Waals surface area contributed by atoms with E-state index in [1.807, 2.05) is 12.1 Å². The molecule has 3 rings (SSSR count). The smallest absolute Gasteiger partial charge is 0.244 e. The number of carbonyl (C=O) groups excluding carboxylic acids is 1. The Morgan fingerprint density at radius 2 is 1.97 bits per heavy atom. The van der Waals surface area contributed by atoms with Gasteiger partial charge in [-0.05, 0) is 36.4 Å². The quantitative estimate of drug-likeness (QED) is 0.594. The van der Waals surface area contributed by atoms with Gasteiger partial charge in [0.15, 0.2) is 0 Å². The summed E-state index contributed by atoms with van der Waals surface area (Å²) < 4.78 is 26.1. The molecule has 1 N–H and O–H groups in total. The fraction of sp³-hybridized carbons (Fsp3) is 0.105. The van der Waals surface area contributed by atoms with Crippen molar-refractivity contribution >= 4 is 45.0 Å². The van der Waals surface area contributed by atoms with Crippen molar-refractivity contribution in [2.24, 2.45) is 0 Å².